The normalized spacial score (nSPS) is 10.3. The molecular formula is C15H16O2S. The molecule has 0 amide bonds. The molecule has 1 aromatic carbocycles. The molecule has 0 N–H and O–H groups in total. The SMILES string of the molecule is CCCOc1cccc(C(=O)c2ccsc2C)c1. The van der Waals surface area contributed by atoms with Crippen LogP contribution in [0.5, 0.6) is 5.75 Å². The van der Waals surface area contributed by atoms with E-state index >= 15 is 0 Å². The van der Waals surface area contributed by atoms with Crippen LogP contribution in [0.1, 0.15) is 34.1 Å². The first-order valence-electron chi connectivity index (χ1n) is 6.04. The van der Waals surface area contributed by atoms with Crippen molar-refractivity contribution in [1.82, 2.24) is 0 Å². The van der Waals surface area contributed by atoms with Crippen LogP contribution in [0.25, 0.3) is 0 Å². The standard InChI is InChI=1S/C15H16O2S/c1-3-8-17-13-6-4-5-12(10-13)15(16)14-7-9-18-11(14)2/h4-7,9-10H,3,8H2,1-2H3. The second kappa shape index (κ2) is 5.83. The summed E-state index contributed by atoms with van der Waals surface area (Å²) in [6, 6.07) is 9.27. The zero-order chi connectivity index (χ0) is 13.0. The molecule has 0 fully saturated rings. The first-order valence-corrected chi connectivity index (χ1v) is 6.92. The Morgan fingerprint density at radius 2 is 2.17 bits per heavy atom. The van der Waals surface area contributed by atoms with E-state index in [4.69, 9.17) is 4.74 Å². The third-order valence-electron chi connectivity index (χ3n) is 2.67. The Labute approximate surface area is 111 Å². The molecule has 18 heavy (non-hydrogen) atoms. The maximum absolute atomic E-state index is 12.3. The van der Waals surface area contributed by atoms with Gasteiger partial charge >= 0.3 is 0 Å². The Kier molecular flexibility index (Phi) is 4.15. The lowest BCUT2D eigenvalue weighted by Crippen LogP contribution is -2.02. The smallest absolute Gasteiger partial charge is 0.194 e. The number of benzene rings is 1. The molecule has 0 saturated carbocycles. The minimum atomic E-state index is 0.0655. The zero-order valence-electron chi connectivity index (χ0n) is 10.6. The second-order valence-corrected chi connectivity index (χ2v) is 5.22. The average molecular weight is 260 g/mol. The van der Waals surface area contributed by atoms with Gasteiger partial charge in [0, 0.05) is 16.0 Å². The van der Waals surface area contributed by atoms with Crippen LogP contribution in [0.15, 0.2) is 35.7 Å². The van der Waals surface area contributed by atoms with Gasteiger partial charge in [-0.15, -0.1) is 11.3 Å². The van der Waals surface area contributed by atoms with Crippen LogP contribution >= 0.6 is 11.3 Å². The topological polar surface area (TPSA) is 26.3 Å². The van der Waals surface area contributed by atoms with Gasteiger partial charge in [0.25, 0.3) is 0 Å². The quantitative estimate of drug-likeness (QED) is 0.757. The van der Waals surface area contributed by atoms with Crippen LogP contribution in [0.4, 0.5) is 0 Å². The molecule has 0 saturated heterocycles. The zero-order valence-corrected chi connectivity index (χ0v) is 11.4. The van der Waals surface area contributed by atoms with Gasteiger partial charge in [0.05, 0.1) is 6.61 Å². The number of hydrogen-bond donors (Lipinski definition) is 0. The molecule has 1 heterocycles. The largest absolute Gasteiger partial charge is 0.494 e. The van der Waals surface area contributed by atoms with Gasteiger partial charge in [0.15, 0.2) is 5.78 Å². The maximum atomic E-state index is 12.3. The van der Waals surface area contributed by atoms with Crippen molar-refractivity contribution in [3.63, 3.8) is 0 Å². The molecule has 0 aliphatic heterocycles. The van der Waals surface area contributed by atoms with Gasteiger partial charge in [-0.05, 0) is 36.9 Å². The minimum Gasteiger partial charge on any atom is -0.494 e. The predicted molar refractivity (Wildman–Crippen MR) is 74.7 cm³/mol. The lowest BCUT2D eigenvalue weighted by Gasteiger charge is -2.06. The van der Waals surface area contributed by atoms with Crippen LogP contribution in [-0.2, 0) is 0 Å². The van der Waals surface area contributed by atoms with E-state index in [1.807, 2.05) is 42.6 Å². The lowest BCUT2D eigenvalue weighted by atomic mass is 10.0. The average Bonchev–Trinajstić information content (AvgIpc) is 2.82. The molecule has 0 atom stereocenters. The van der Waals surface area contributed by atoms with E-state index in [-0.39, 0.29) is 5.78 Å². The molecule has 2 nitrogen and oxygen atoms in total. The minimum absolute atomic E-state index is 0.0655. The van der Waals surface area contributed by atoms with E-state index in [2.05, 4.69) is 6.92 Å². The third kappa shape index (κ3) is 2.79. The summed E-state index contributed by atoms with van der Waals surface area (Å²) < 4.78 is 5.54. The number of hydrogen-bond acceptors (Lipinski definition) is 3. The number of ketones is 1. The van der Waals surface area contributed by atoms with E-state index in [1.54, 1.807) is 11.3 Å². The molecule has 0 bridgehead atoms. The van der Waals surface area contributed by atoms with Crippen LogP contribution in [0, 0.1) is 6.92 Å². The third-order valence-corrected chi connectivity index (χ3v) is 3.52. The van der Waals surface area contributed by atoms with Crippen molar-refractivity contribution in [2.75, 3.05) is 6.61 Å². The fourth-order valence-electron chi connectivity index (χ4n) is 1.72. The van der Waals surface area contributed by atoms with Crippen LogP contribution in [0.3, 0.4) is 0 Å². The summed E-state index contributed by atoms with van der Waals surface area (Å²) in [7, 11) is 0. The molecule has 1 aromatic heterocycles. The Balaban J connectivity index is 2.23. The van der Waals surface area contributed by atoms with Gasteiger partial charge in [-0.3, -0.25) is 4.79 Å². The summed E-state index contributed by atoms with van der Waals surface area (Å²) in [5, 5.41) is 1.94. The molecule has 0 aliphatic carbocycles. The van der Waals surface area contributed by atoms with Crippen LogP contribution in [-0.4, -0.2) is 12.4 Å². The van der Waals surface area contributed by atoms with Crippen LogP contribution in [0.2, 0.25) is 0 Å². The van der Waals surface area contributed by atoms with Crippen molar-refractivity contribution >= 4 is 17.1 Å². The molecule has 2 rings (SSSR count). The first-order chi connectivity index (χ1) is 8.72. The van der Waals surface area contributed by atoms with Gasteiger partial charge in [-0.2, -0.15) is 0 Å². The van der Waals surface area contributed by atoms with Crippen molar-refractivity contribution in [3.8, 4) is 5.75 Å². The van der Waals surface area contributed by atoms with Crippen molar-refractivity contribution in [1.29, 1.82) is 0 Å². The number of aryl methyl sites for hydroxylation is 1. The summed E-state index contributed by atoms with van der Waals surface area (Å²) >= 11 is 1.59. The van der Waals surface area contributed by atoms with Crippen molar-refractivity contribution in [2.24, 2.45) is 0 Å². The lowest BCUT2D eigenvalue weighted by molar-refractivity contribution is 0.103. The van der Waals surface area contributed by atoms with Gasteiger partial charge in [0.1, 0.15) is 5.75 Å². The molecule has 0 spiro atoms. The van der Waals surface area contributed by atoms with E-state index < -0.39 is 0 Å². The second-order valence-electron chi connectivity index (χ2n) is 4.10. The Hall–Kier alpha value is -1.61. The molecule has 0 unspecified atom stereocenters. The Morgan fingerprint density at radius 1 is 1.33 bits per heavy atom. The van der Waals surface area contributed by atoms with Gasteiger partial charge in [0.2, 0.25) is 0 Å². The fraction of sp³-hybridized carbons (Fsp3) is 0.267. The first kappa shape index (κ1) is 12.8. The fourth-order valence-corrected chi connectivity index (χ4v) is 2.42. The molecule has 0 radical (unpaired) electrons. The summed E-state index contributed by atoms with van der Waals surface area (Å²) in [4.78, 5) is 13.4. The van der Waals surface area contributed by atoms with Crippen LogP contribution < -0.4 is 4.74 Å². The monoisotopic (exact) mass is 260 g/mol. The number of carbonyl (C=O) groups excluding carboxylic acids is 1. The molecule has 2 aromatic rings. The molecule has 3 heteroatoms. The summed E-state index contributed by atoms with van der Waals surface area (Å²) in [5.74, 6) is 0.825. The van der Waals surface area contributed by atoms with Gasteiger partial charge in [-0.25, -0.2) is 0 Å². The van der Waals surface area contributed by atoms with Gasteiger partial charge in [-0.1, -0.05) is 19.1 Å². The summed E-state index contributed by atoms with van der Waals surface area (Å²) in [5.41, 5.74) is 1.47. The number of thiophene rings is 1. The molecule has 0 aliphatic rings. The van der Waals surface area contributed by atoms with Crippen molar-refractivity contribution in [3.05, 3.63) is 51.7 Å². The maximum Gasteiger partial charge on any atom is 0.194 e. The van der Waals surface area contributed by atoms with E-state index in [1.165, 1.54) is 0 Å². The predicted octanol–water partition coefficient (Wildman–Crippen LogP) is 4.08. The highest BCUT2D eigenvalue weighted by Crippen LogP contribution is 2.21. The summed E-state index contributed by atoms with van der Waals surface area (Å²) in [6.45, 7) is 4.70. The Morgan fingerprint density at radius 3 is 2.83 bits per heavy atom. The van der Waals surface area contributed by atoms with E-state index in [0.29, 0.717) is 12.2 Å². The number of rotatable bonds is 5. The van der Waals surface area contributed by atoms with Gasteiger partial charge < -0.3 is 4.74 Å². The number of carbonyl (C=O) groups is 1. The summed E-state index contributed by atoms with van der Waals surface area (Å²) in [6.07, 6.45) is 0.960. The highest BCUT2D eigenvalue weighted by Gasteiger charge is 2.13. The highest BCUT2D eigenvalue weighted by molar-refractivity contribution is 7.10. The van der Waals surface area contributed by atoms with Crippen molar-refractivity contribution in [2.45, 2.75) is 20.3 Å². The Bertz CT molecular complexity index is 543. The number of ether oxygens (including phenoxy) is 1. The molecular weight excluding hydrogens is 244 g/mol. The van der Waals surface area contributed by atoms with Crippen molar-refractivity contribution < 1.29 is 9.53 Å². The molecule has 94 valence electrons. The highest BCUT2D eigenvalue weighted by atomic mass is 32.1. The van der Waals surface area contributed by atoms with E-state index in [0.717, 1.165) is 22.6 Å². The van der Waals surface area contributed by atoms with E-state index in [9.17, 15) is 4.79 Å².